The van der Waals surface area contributed by atoms with E-state index in [4.69, 9.17) is 34.2 Å². The Morgan fingerprint density at radius 1 is 1.09 bits per heavy atom. The number of nitrogens with zero attached hydrogens (tertiary/aromatic N) is 3. The Morgan fingerprint density at radius 3 is 2.20 bits per heavy atom. The van der Waals surface area contributed by atoms with Crippen molar-refractivity contribution in [3.63, 3.8) is 0 Å². The predicted octanol–water partition coefficient (Wildman–Crippen LogP) is 1.19. The SMILES string of the molecule is CNN(/C=C(\N)CO[C@H](O[C@H](COC(C)=O)[C@@H](C)I)[C@@H](COC(C)=O)OC(C)=O)CCCNC(=O)[C@@H]1N2C(=O)C(NC(=O)OC(C)(C)C)[C@@]2(C#N)SC1(C)C. The standard InChI is InChI=1S/C34H54IN7O12S/c1-19(35)24(16-49-20(2)43)53-30(25(52-22(4)45)17-50-21(3)44)51-15-23(37)14-41(38-10)13-11-12-39-28(46)27-33(8,9)55-34(18-36)26(29(47)42(27)34)40-31(48)54-32(5,6)7/h14,19,24-27,30,38H,11-13,15-17,37H2,1-10H3,(H,39,46)(H,40,48)/b23-14-/t19-,24-,25-,26?,27+,30-,34-/m1/s1. The summed E-state index contributed by atoms with van der Waals surface area (Å²) in [5.74, 6) is -2.83. The number of hydrogen-bond donors (Lipinski definition) is 4. The molecule has 0 aromatic rings. The second kappa shape index (κ2) is 20.5. The first kappa shape index (κ1) is 47.6. The van der Waals surface area contributed by atoms with Crippen molar-refractivity contribution < 1.29 is 57.2 Å². The number of nitrogens with two attached hydrogens (primary N) is 1. The molecule has 0 aliphatic carbocycles. The summed E-state index contributed by atoms with van der Waals surface area (Å²) in [6, 6.07) is -0.0155. The number of ether oxygens (including phenoxy) is 6. The molecule has 2 aliphatic heterocycles. The van der Waals surface area contributed by atoms with Gasteiger partial charge in [0.05, 0.1) is 12.3 Å². The summed E-state index contributed by atoms with van der Waals surface area (Å²) < 4.78 is 31.8. The lowest BCUT2D eigenvalue weighted by atomic mass is 9.89. The number of halogens is 1. The topological polar surface area (TPSA) is 250 Å². The second-order valence-electron chi connectivity index (χ2n) is 14.3. The lowest BCUT2D eigenvalue weighted by Gasteiger charge is -2.49. The first-order valence-electron chi connectivity index (χ1n) is 17.4. The highest BCUT2D eigenvalue weighted by Gasteiger charge is 2.74. The Morgan fingerprint density at radius 2 is 1.69 bits per heavy atom. The zero-order valence-electron chi connectivity index (χ0n) is 32.9. The molecule has 2 rings (SSSR count). The van der Waals surface area contributed by atoms with Gasteiger partial charge in [0, 0.05) is 55.8 Å². The average Bonchev–Trinajstić information content (AvgIpc) is 3.29. The van der Waals surface area contributed by atoms with Crippen LogP contribution >= 0.6 is 34.4 Å². The third kappa shape index (κ3) is 13.8. The van der Waals surface area contributed by atoms with Crippen LogP contribution in [0.1, 0.15) is 68.7 Å². The number of hydrazine groups is 1. The molecular weight excluding hydrogens is 857 g/mol. The monoisotopic (exact) mass is 911 g/mol. The van der Waals surface area contributed by atoms with Crippen LogP contribution in [0.5, 0.6) is 0 Å². The molecule has 0 bridgehead atoms. The molecule has 310 valence electrons. The van der Waals surface area contributed by atoms with E-state index in [0.29, 0.717) is 13.0 Å². The van der Waals surface area contributed by atoms with E-state index in [9.17, 15) is 34.0 Å². The number of carbonyl (C=O) groups is 6. The van der Waals surface area contributed by atoms with Crippen molar-refractivity contribution in [2.75, 3.05) is 40.0 Å². The number of β-lactam (4-membered cyclic amide) rings is 1. The Labute approximate surface area is 339 Å². The van der Waals surface area contributed by atoms with Gasteiger partial charge in [-0.3, -0.25) is 28.9 Å². The Kier molecular flexibility index (Phi) is 17.8. The summed E-state index contributed by atoms with van der Waals surface area (Å²) in [5.41, 5.74) is 8.66. The van der Waals surface area contributed by atoms with Gasteiger partial charge in [0.2, 0.25) is 10.8 Å². The fraction of sp³-hybridized carbons (Fsp3) is 0.735. The van der Waals surface area contributed by atoms with Crippen LogP contribution < -0.4 is 21.8 Å². The Balaban J connectivity index is 2.07. The zero-order chi connectivity index (χ0) is 41.9. The summed E-state index contributed by atoms with van der Waals surface area (Å²) in [7, 11) is 1.66. The molecule has 1 unspecified atom stereocenters. The van der Waals surface area contributed by atoms with Crippen molar-refractivity contribution in [3.05, 3.63) is 11.9 Å². The van der Waals surface area contributed by atoms with Crippen LogP contribution in [-0.4, -0.2) is 135 Å². The molecule has 5 N–H and O–H groups in total. The number of fused-ring (bicyclic) bond motifs is 1. The molecule has 55 heavy (non-hydrogen) atoms. The molecule has 0 aromatic carbocycles. The zero-order valence-corrected chi connectivity index (χ0v) is 35.9. The van der Waals surface area contributed by atoms with Crippen LogP contribution in [0.2, 0.25) is 0 Å². The highest BCUT2D eigenvalue weighted by Crippen LogP contribution is 2.58. The molecular formula is C34H54IN7O12S. The molecule has 0 saturated carbocycles. The summed E-state index contributed by atoms with van der Waals surface area (Å²) in [4.78, 5) is 73.9. The van der Waals surface area contributed by atoms with Crippen LogP contribution in [0.25, 0.3) is 0 Å². The molecule has 19 nitrogen and oxygen atoms in total. The molecule has 21 heteroatoms. The molecule has 0 spiro atoms. The normalized spacial score (nSPS) is 22.4. The van der Waals surface area contributed by atoms with Crippen LogP contribution in [0, 0.1) is 11.3 Å². The van der Waals surface area contributed by atoms with E-state index in [-0.39, 0.29) is 36.0 Å². The molecule has 0 radical (unpaired) electrons. The highest BCUT2D eigenvalue weighted by molar-refractivity contribution is 14.1. The van der Waals surface area contributed by atoms with Gasteiger partial charge in [-0.25, -0.2) is 10.2 Å². The molecule has 2 saturated heterocycles. The van der Waals surface area contributed by atoms with Crippen molar-refractivity contribution in [3.8, 4) is 6.07 Å². The van der Waals surface area contributed by atoms with E-state index >= 15 is 0 Å². The van der Waals surface area contributed by atoms with Gasteiger partial charge in [-0.05, 0) is 41.0 Å². The van der Waals surface area contributed by atoms with E-state index in [0.717, 1.165) is 11.8 Å². The molecule has 0 aromatic heterocycles. The maximum absolute atomic E-state index is 13.5. The number of rotatable bonds is 20. The summed E-state index contributed by atoms with van der Waals surface area (Å²) in [6.45, 7) is 13.8. The second-order valence-corrected chi connectivity index (χ2v) is 18.1. The maximum atomic E-state index is 13.5. The number of alkyl carbamates (subject to hydrolysis) is 1. The molecule has 7 atom stereocenters. The van der Waals surface area contributed by atoms with Crippen LogP contribution in [0.4, 0.5) is 4.79 Å². The Hall–Kier alpha value is -3.59. The van der Waals surface area contributed by atoms with E-state index in [1.807, 2.05) is 6.92 Å². The molecule has 2 fully saturated rings. The van der Waals surface area contributed by atoms with Crippen LogP contribution in [0.3, 0.4) is 0 Å². The van der Waals surface area contributed by atoms with Gasteiger partial charge < -0.3 is 49.8 Å². The number of hydrogen-bond acceptors (Lipinski definition) is 17. The number of alkyl halides is 1. The minimum absolute atomic E-state index is 0.120. The number of thioether (sulfide) groups is 1. The predicted molar refractivity (Wildman–Crippen MR) is 206 cm³/mol. The lowest BCUT2D eigenvalue weighted by Crippen LogP contribution is -2.78. The smallest absolute Gasteiger partial charge is 0.408 e. The molecule has 2 aliphatic rings. The number of nitriles is 1. The fourth-order valence-electron chi connectivity index (χ4n) is 5.58. The Bertz CT molecular complexity index is 1490. The number of nitrogens with one attached hydrogen (secondary N) is 3. The van der Waals surface area contributed by atoms with E-state index in [1.165, 1.54) is 25.7 Å². The van der Waals surface area contributed by atoms with Gasteiger partial charge in [-0.15, -0.1) is 11.8 Å². The summed E-state index contributed by atoms with van der Waals surface area (Å²) >= 11 is 3.22. The third-order valence-corrected chi connectivity index (χ3v) is 10.3. The van der Waals surface area contributed by atoms with Crippen molar-refractivity contribution >= 4 is 70.2 Å². The van der Waals surface area contributed by atoms with Gasteiger partial charge in [0.25, 0.3) is 5.91 Å². The van der Waals surface area contributed by atoms with Gasteiger partial charge in [-0.1, -0.05) is 29.5 Å². The average molecular weight is 912 g/mol. The van der Waals surface area contributed by atoms with Crippen molar-refractivity contribution in [1.29, 1.82) is 5.26 Å². The molecule has 3 amide bonds. The van der Waals surface area contributed by atoms with Gasteiger partial charge in [0.1, 0.15) is 37.0 Å². The maximum Gasteiger partial charge on any atom is 0.408 e. The van der Waals surface area contributed by atoms with Crippen LogP contribution in [0.15, 0.2) is 11.9 Å². The lowest BCUT2D eigenvalue weighted by molar-refractivity contribution is -0.235. The minimum atomic E-state index is -1.48. The van der Waals surface area contributed by atoms with Crippen LogP contribution in [-0.2, 0) is 52.4 Å². The first-order valence-corrected chi connectivity index (χ1v) is 19.5. The largest absolute Gasteiger partial charge is 0.463 e. The van der Waals surface area contributed by atoms with E-state index in [2.05, 4.69) is 44.7 Å². The molecule has 2 heterocycles. The summed E-state index contributed by atoms with van der Waals surface area (Å²) in [6.07, 6.45) is -2.03. The summed E-state index contributed by atoms with van der Waals surface area (Å²) in [5, 5.41) is 17.2. The third-order valence-electron chi connectivity index (χ3n) is 7.88. The van der Waals surface area contributed by atoms with Crippen molar-refractivity contribution in [1.82, 2.24) is 26.0 Å². The van der Waals surface area contributed by atoms with Gasteiger partial charge >= 0.3 is 24.0 Å². The van der Waals surface area contributed by atoms with Crippen molar-refractivity contribution in [2.45, 2.75) is 118 Å². The van der Waals surface area contributed by atoms with E-state index in [1.54, 1.807) is 52.9 Å². The minimum Gasteiger partial charge on any atom is -0.463 e. The van der Waals surface area contributed by atoms with Gasteiger partial charge in [0.15, 0.2) is 18.4 Å². The number of amides is 3. The quantitative estimate of drug-likeness (QED) is 0.0196. The van der Waals surface area contributed by atoms with Crippen molar-refractivity contribution in [2.24, 2.45) is 5.73 Å². The first-order chi connectivity index (χ1) is 25.5. The van der Waals surface area contributed by atoms with Gasteiger partial charge in [-0.2, -0.15) is 5.26 Å². The fourth-order valence-corrected chi connectivity index (χ4v) is 7.70. The van der Waals surface area contributed by atoms with E-state index < -0.39 is 81.6 Å². The number of esters is 3. The number of carbonyl (C=O) groups excluding carboxylic acids is 6. The highest BCUT2D eigenvalue weighted by atomic mass is 127.